The molecule has 0 bridgehead atoms. The molecule has 176 valence electrons. The molecule has 3 heterocycles. The summed E-state index contributed by atoms with van der Waals surface area (Å²) in [6.07, 6.45) is 3.44. The van der Waals surface area contributed by atoms with Crippen LogP contribution in [-0.4, -0.2) is 69.6 Å². The van der Waals surface area contributed by atoms with E-state index in [0.29, 0.717) is 25.6 Å². The summed E-state index contributed by atoms with van der Waals surface area (Å²) in [6, 6.07) is 13.1. The van der Waals surface area contributed by atoms with E-state index in [1.807, 2.05) is 36.4 Å². The number of carbonyl (C=O) groups excluding carboxylic acids is 3. The molecule has 1 aromatic carbocycles. The van der Waals surface area contributed by atoms with Crippen molar-refractivity contribution in [3.8, 4) is 5.82 Å². The molecule has 1 unspecified atom stereocenters. The van der Waals surface area contributed by atoms with Gasteiger partial charge in [0.25, 0.3) is 11.8 Å². The molecule has 1 aliphatic rings. The van der Waals surface area contributed by atoms with E-state index in [-0.39, 0.29) is 12.0 Å². The van der Waals surface area contributed by atoms with E-state index in [2.05, 4.69) is 20.3 Å². The SMILES string of the molecule is NC(=O)C(=O)C(Cc1ccccc1)NC(=O)c1cccnc1-n1ccc(CN2CCOCC2)n1. The van der Waals surface area contributed by atoms with Gasteiger partial charge in [-0.25, -0.2) is 9.67 Å². The third kappa shape index (κ3) is 5.72. The summed E-state index contributed by atoms with van der Waals surface area (Å²) in [7, 11) is 0. The van der Waals surface area contributed by atoms with Gasteiger partial charge in [-0.15, -0.1) is 0 Å². The average Bonchev–Trinajstić information content (AvgIpc) is 3.32. The number of amides is 2. The minimum absolute atomic E-state index is 0.134. The van der Waals surface area contributed by atoms with E-state index < -0.39 is 23.6 Å². The van der Waals surface area contributed by atoms with Gasteiger partial charge in [0.05, 0.1) is 24.5 Å². The van der Waals surface area contributed by atoms with Crippen LogP contribution in [0.25, 0.3) is 5.82 Å². The Morgan fingerprint density at radius 1 is 1.06 bits per heavy atom. The van der Waals surface area contributed by atoms with Gasteiger partial charge in [-0.05, 0) is 23.8 Å². The Hall–Kier alpha value is -3.89. The van der Waals surface area contributed by atoms with E-state index in [0.717, 1.165) is 24.3 Å². The lowest BCUT2D eigenvalue weighted by Crippen LogP contribution is -2.47. The number of ketones is 1. The van der Waals surface area contributed by atoms with Crippen LogP contribution < -0.4 is 11.1 Å². The van der Waals surface area contributed by atoms with Gasteiger partial charge in [-0.3, -0.25) is 19.3 Å². The quantitative estimate of drug-likeness (QED) is 0.442. The lowest BCUT2D eigenvalue weighted by atomic mass is 10.0. The van der Waals surface area contributed by atoms with Crippen LogP contribution in [0.3, 0.4) is 0 Å². The zero-order valence-corrected chi connectivity index (χ0v) is 18.6. The fourth-order valence-electron chi connectivity index (χ4n) is 3.78. The van der Waals surface area contributed by atoms with Crippen molar-refractivity contribution in [2.24, 2.45) is 5.73 Å². The second kappa shape index (κ2) is 10.8. The fraction of sp³-hybridized carbons (Fsp3) is 0.292. The van der Waals surface area contributed by atoms with E-state index in [1.165, 1.54) is 4.68 Å². The average molecular weight is 463 g/mol. The van der Waals surface area contributed by atoms with Crippen LogP contribution in [0.4, 0.5) is 0 Å². The van der Waals surface area contributed by atoms with E-state index in [1.54, 1.807) is 24.5 Å². The van der Waals surface area contributed by atoms with E-state index in [4.69, 9.17) is 10.5 Å². The van der Waals surface area contributed by atoms with Gasteiger partial charge in [-0.2, -0.15) is 5.10 Å². The number of hydrogen-bond donors (Lipinski definition) is 2. The summed E-state index contributed by atoms with van der Waals surface area (Å²) < 4.78 is 6.91. The van der Waals surface area contributed by atoms with Gasteiger partial charge in [0, 0.05) is 38.4 Å². The van der Waals surface area contributed by atoms with Gasteiger partial charge in [-0.1, -0.05) is 30.3 Å². The molecule has 2 amide bonds. The molecular formula is C24H26N6O4. The monoisotopic (exact) mass is 462 g/mol. The molecule has 0 aliphatic carbocycles. The first-order chi connectivity index (χ1) is 16.5. The lowest BCUT2D eigenvalue weighted by Gasteiger charge is -2.25. The van der Waals surface area contributed by atoms with Gasteiger partial charge < -0.3 is 15.8 Å². The summed E-state index contributed by atoms with van der Waals surface area (Å²) in [4.78, 5) is 43.8. The number of Topliss-reactive ketones (excluding diaryl/α,β-unsaturated/α-hetero) is 1. The maximum absolute atomic E-state index is 13.2. The number of nitrogens with zero attached hydrogens (tertiary/aromatic N) is 4. The third-order valence-electron chi connectivity index (χ3n) is 5.53. The molecule has 4 rings (SSSR count). The molecule has 3 aromatic rings. The highest BCUT2D eigenvalue weighted by molar-refractivity contribution is 6.38. The molecule has 1 saturated heterocycles. The standard InChI is InChI=1S/C24H26N6O4/c25-22(32)21(31)20(15-17-5-2-1-3-6-17)27-24(33)19-7-4-9-26-23(19)30-10-8-18(28-30)16-29-11-13-34-14-12-29/h1-10,20H,11-16H2,(H2,25,32)(H,27,33). The van der Waals surface area contributed by atoms with Gasteiger partial charge in [0.15, 0.2) is 5.82 Å². The van der Waals surface area contributed by atoms with Crippen LogP contribution in [0.15, 0.2) is 60.9 Å². The molecule has 0 radical (unpaired) electrons. The largest absolute Gasteiger partial charge is 0.379 e. The first kappa shape index (κ1) is 23.3. The molecule has 0 spiro atoms. The number of pyridine rings is 1. The van der Waals surface area contributed by atoms with Crippen LogP contribution in [0.1, 0.15) is 21.6 Å². The number of carbonyl (C=O) groups is 3. The number of morpholine rings is 1. The highest BCUT2D eigenvalue weighted by atomic mass is 16.5. The second-order valence-corrected chi connectivity index (χ2v) is 7.96. The molecule has 1 aliphatic heterocycles. The number of benzene rings is 1. The molecule has 1 fully saturated rings. The molecular weight excluding hydrogens is 436 g/mol. The van der Waals surface area contributed by atoms with Crippen LogP contribution in [0.2, 0.25) is 0 Å². The van der Waals surface area contributed by atoms with Gasteiger partial charge in [0.1, 0.15) is 6.04 Å². The van der Waals surface area contributed by atoms with Crippen molar-refractivity contribution in [3.63, 3.8) is 0 Å². The highest BCUT2D eigenvalue weighted by Crippen LogP contribution is 2.14. The molecule has 3 N–H and O–H groups in total. The Labute approximate surface area is 196 Å². The zero-order chi connectivity index (χ0) is 23.9. The number of ether oxygens (including phenoxy) is 1. The van der Waals surface area contributed by atoms with Crippen molar-refractivity contribution in [3.05, 3.63) is 77.7 Å². The van der Waals surface area contributed by atoms with Gasteiger partial charge >= 0.3 is 0 Å². The molecule has 10 heteroatoms. The van der Waals surface area contributed by atoms with Crippen molar-refractivity contribution in [2.45, 2.75) is 19.0 Å². The number of primary amides is 1. The maximum atomic E-state index is 13.2. The molecule has 10 nitrogen and oxygen atoms in total. The molecule has 2 aromatic heterocycles. The summed E-state index contributed by atoms with van der Waals surface area (Å²) in [5, 5.41) is 7.23. The van der Waals surface area contributed by atoms with Crippen molar-refractivity contribution in [2.75, 3.05) is 26.3 Å². The topological polar surface area (TPSA) is 132 Å². The van der Waals surface area contributed by atoms with Crippen molar-refractivity contribution in [1.82, 2.24) is 25.0 Å². The third-order valence-corrected chi connectivity index (χ3v) is 5.53. The van der Waals surface area contributed by atoms with Crippen LogP contribution >= 0.6 is 0 Å². The molecule has 34 heavy (non-hydrogen) atoms. The zero-order valence-electron chi connectivity index (χ0n) is 18.6. The normalized spacial score (nSPS) is 14.9. The summed E-state index contributed by atoms with van der Waals surface area (Å²) >= 11 is 0. The minimum Gasteiger partial charge on any atom is -0.379 e. The smallest absolute Gasteiger partial charge is 0.287 e. The Morgan fingerprint density at radius 2 is 1.82 bits per heavy atom. The number of aromatic nitrogens is 3. The first-order valence-electron chi connectivity index (χ1n) is 11.0. The predicted molar refractivity (Wildman–Crippen MR) is 123 cm³/mol. The molecule has 1 atom stereocenters. The fourth-order valence-corrected chi connectivity index (χ4v) is 3.78. The number of nitrogens with one attached hydrogen (secondary N) is 1. The Morgan fingerprint density at radius 3 is 2.56 bits per heavy atom. The van der Waals surface area contributed by atoms with E-state index in [9.17, 15) is 14.4 Å². The number of rotatable bonds is 9. The van der Waals surface area contributed by atoms with E-state index >= 15 is 0 Å². The van der Waals surface area contributed by atoms with Crippen LogP contribution in [0, 0.1) is 0 Å². The second-order valence-electron chi connectivity index (χ2n) is 7.96. The number of hydrogen-bond acceptors (Lipinski definition) is 7. The highest BCUT2D eigenvalue weighted by Gasteiger charge is 2.27. The van der Waals surface area contributed by atoms with Gasteiger partial charge in [0.2, 0.25) is 5.78 Å². The van der Waals surface area contributed by atoms with Crippen molar-refractivity contribution in [1.29, 1.82) is 0 Å². The Kier molecular flexibility index (Phi) is 7.41. The summed E-state index contributed by atoms with van der Waals surface area (Å²) in [5.74, 6) is -2.20. The summed E-state index contributed by atoms with van der Waals surface area (Å²) in [6.45, 7) is 3.72. The maximum Gasteiger partial charge on any atom is 0.287 e. The predicted octanol–water partition coefficient (Wildman–Crippen LogP) is 0.495. The summed E-state index contributed by atoms with van der Waals surface area (Å²) in [5.41, 5.74) is 7.07. The molecule has 0 saturated carbocycles. The Balaban J connectivity index is 1.53. The number of nitrogens with two attached hydrogens (primary N) is 1. The van der Waals surface area contributed by atoms with Crippen molar-refractivity contribution < 1.29 is 19.1 Å². The van der Waals surface area contributed by atoms with Crippen LogP contribution in [-0.2, 0) is 27.3 Å². The Bertz CT molecular complexity index is 1160. The van der Waals surface area contributed by atoms with Crippen LogP contribution in [0.5, 0.6) is 0 Å². The lowest BCUT2D eigenvalue weighted by molar-refractivity contribution is -0.137. The van der Waals surface area contributed by atoms with Crippen molar-refractivity contribution >= 4 is 17.6 Å². The first-order valence-corrected chi connectivity index (χ1v) is 11.0. The minimum atomic E-state index is -1.10.